The minimum Gasteiger partial charge on any atom is -0.481 e. The van der Waals surface area contributed by atoms with Crippen molar-refractivity contribution < 1.29 is 19.5 Å². The fourth-order valence-corrected chi connectivity index (χ4v) is 4.18. The highest BCUT2D eigenvalue weighted by Crippen LogP contribution is 2.28. The van der Waals surface area contributed by atoms with E-state index in [1.165, 1.54) is 11.8 Å². The zero-order chi connectivity index (χ0) is 20.8. The van der Waals surface area contributed by atoms with E-state index in [1.807, 2.05) is 18.2 Å². The lowest BCUT2D eigenvalue weighted by Crippen LogP contribution is -2.34. The minimum atomic E-state index is -0.954. The SMILES string of the molecule is O=C(CSc1ccc(NC(=O)C2CC=CCC2C(=O)O)cc1)c1ccccc1Cl. The van der Waals surface area contributed by atoms with Gasteiger partial charge in [-0.2, -0.15) is 0 Å². The number of anilines is 1. The quantitative estimate of drug-likeness (QED) is 0.370. The number of rotatable bonds is 7. The summed E-state index contributed by atoms with van der Waals surface area (Å²) in [6, 6.07) is 14.1. The Morgan fingerprint density at radius 1 is 1.00 bits per heavy atom. The molecule has 0 heterocycles. The van der Waals surface area contributed by atoms with Crippen molar-refractivity contribution in [1.29, 1.82) is 0 Å². The number of ketones is 1. The lowest BCUT2D eigenvalue weighted by atomic mass is 9.82. The Hall–Kier alpha value is -2.57. The van der Waals surface area contributed by atoms with Crippen LogP contribution in [0.1, 0.15) is 23.2 Å². The van der Waals surface area contributed by atoms with Crippen molar-refractivity contribution in [1.82, 2.24) is 0 Å². The molecule has 29 heavy (non-hydrogen) atoms. The maximum atomic E-state index is 12.5. The number of thioether (sulfide) groups is 1. The topological polar surface area (TPSA) is 83.5 Å². The van der Waals surface area contributed by atoms with E-state index in [0.717, 1.165) is 4.90 Å². The van der Waals surface area contributed by atoms with Crippen molar-refractivity contribution in [3.8, 4) is 0 Å². The van der Waals surface area contributed by atoms with Gasteiger partial charge in [0.1, 0.15) is 0 Å². The Balaban J connectivity index is 1.57. The van der Waals surface area contributed by atoms with Crippen LogP contribution in [0, 0.1) is 11.8 Å². The fourth-order valence-electron chi connectivity index (χ4n) is 3.16. The molecule has 0 radical (unpaired) electrons. The first-order chi connectivity index (χ1) is 14.0. The second-order valence-corrected chi connectivity index (χ2v) is 8.16. The summed E-state index contributed by atoms with van der Waals surface area (Å²) in [6.45, 7) is 0. The summed E-state index contributed by atoms with van der Waals surface area (Å²) in [7, 11) is 0. The molecule has 0 aromatic heterocycles. The van der Waals surface area contributed by atoms with Crippen LogP contribution in [-0.2, 0) is 9.59 Å². The number of aliphatic carboxylic acids is 1. The van der Waals surface area contributed by atoms with Gasteiger partial charge in [-0.15, -0.1) is 11.8 Å². The van der Waals surface area contributed by atoms with Crippen LogP contribution in [0.25, 0.3) is 0 Å². The van der Waals surface area contributed by atoms with Gasteiger partial charge in [0.25, 0.3) is 0 Å². The van der Waals surface area contributed by atoms with E-state index in [1.54, 1.807) is 42.5 Å². The maximum absolute atomic E-state index is 12.5. The molecule has 150 valence electrons. The second-order valence-electron chi connectivity index (χ2n) is 6.70. The Kier molecular flexibility index (Phi) is 7.12. The average molecular weight is 430 g/mol. The van der Waals surface area contributed by atoms with E-state index in [0.29, 0.717) is 29.1 Å². The van der Waals surface area contributed by atoms with Crippen LogP contribution in [0.5, 0.6) is 0 Å². The van der Waals surface area contributed by atoms with E-state index in [2.05, 4.69) is 5.32 Å². The van der Waals surface area contributed by atoms with Gasteiger partial charge in [-0.25, -0.2) is 0 Å². The normalized spacial score (nSPS) is 18.2. The van der Waals surface area contributed by atoms with E-state index in [4.69, 9.17) is 11.6 Å². The fraction of sp³-hybridized carbons (Fsp3) is 0.227. The van der Waals surface area contributed by atoms with Crippen molar-refractivity contribution in [2.24, 2.45) is 11.8 Å². The molecule has 0 aliphatic heterocycles. The molecule has 0 saturated heterocycles. The number of Topliss-reactive ketones (excluding diaryl/α,β-unsaturated/α-hetero) is 1. The first kappa shape index (κ1) is 21.1. The van der Waals surface area contributed by atoms with Gasteiger partial charge >= 0.3 is 5.97 Å². The number of carboxylic acids is 1. The zero-order valence-corrected chi connectivity index (χ0v) is 17.1. The smallest absolute Gasteiger partial charge is 0.307 e. The maximum Gasteiger partial charge on any atom is 0.307 e. The molecule has 0 fully saturated rings. The van der Waals surface area contributed by atoms with E-state index in [9.17, 15) is 19.5 Å². The van der Waals surface area contributed by atoms with Crippen LogP contribution in [-0.4, -0.2) is 28.5 Å². The molecular weight excluding hydrogens is 410 g/mol. The van der Waals surface area contributed by atoms with Crippen LogP contribution in [0.4, 0.5) is 5.69 Å². The van der Waals surface area contributed by atoms with Crippen molar-refractivity contribution in [2.45, 2.75) is 17.7 Å². The summed E-state index contributed by atoms with van der Waals surface area (Å²) < 4.78 is 0. The number of carboxylic acid groups (broad SMARTS) is 1. The van der Waals surface area contributed by atoms with E-state index in [-0.39, 0.29) is 17.4 Å². The first-order valence-corrected chi connectivity index (χ1v) is 10.5. The van der Waals surface area contributed by atoms with Crippen molar-refractivity contribution >= 4 is 46.7 Å². The Labute approximate surface area is 178 Å². The third-order valence-corrected chi connectivity index (χ3v) is 6.09. The van der Waals surface area contributed by atoms with Crippen LogP contribution in [0.3, 0.4) is 0 Å². The average Bonchev–Trinajstić information content (AvgIpc) is 2.73. The second kappa shape index (κ2) is 9.76. The Morgan fingerprint density at radius 2 is 1.66 bits per heavy atom. The van der Waals surface area contributed by atoms with Gasteiger partial charge in [0.15, 0.2) is 5.78 Å². The molecular formula is C22H20ClNO4S. The largest absolute Gasteiger partial charge is 0.481 e. The van der Waals surface area contributed by atoms with Gasteiger partial charge < -0.3 is 10.4 Å². The molecule has 1 amide bonds. The summed E-state index contributed by atoms with van der Waals surface area (Å²) in [5.41, 5.74) is 1.09. The highest BCUT2D eigenvalue weighted by Gasteiger charge is 2.33. The molecule has 1 aliphatic rings. The molecule has 7 heteroatoms. The predicted molar refractivity (Wildman–Crippen MR) is 115 cm³/mol. The molecule has 2 atom stereocenters. The number of benzene rings is 2. The number of amides is 1. The van der Waals surface area contributed by atoms with Crippen LogP contribution < -0.4 is 5.32 Å². The molecule has 3 rings (SSSR count). The van der Waals surface area contributed by atoms with Crippen molar-refractivity contribution in [2.75, 3.05) is 11.1 Å². The van der Waals surface area contributed by atoms with Gasteiger partial charge in [-0.05, 0) is 49.2 Å². The number of hydrogen-bond acceptors (Lipinski definition) is 4. The van der Waals surface area contributed by atoms with Gasteiger partial charge in [0.05, 0.1) is 22.6 Å². The highest BCUT2D eigenvalue weighted by molar-refractivity contribution is 8.00. The Morgan fingerprint density at radius 3 is 2.31 bits per heavy atom. The van der Waals surface area contributed by atoms with E-state index < -0.39 is 17.8 Å². The summed E-state index contributed by atoms with van der Waals surface area (Å²) in [4.78, 5) is 37.0. The number of nitrogens with one attached hydrogen (secondary N) is 1. The Bertz CT molecular complexity index is 942. The third-order valence-electron chi connectivity index (χ3n) is 4.75. The van der Waals surface area contributed by atoms with Gasteiger partial charge in [0, 0.05) is 16.1 Å². The van der Waals surface area contributed by atoms with Gasteiger partial charge in [-0.3, -0.25) is 14.4 Å². The number of allylic oxidation sites excluding steroid dienone is 2. The van der Waals surface area contributed by atoms with Crippen LogP contribution in [0.15, 0.2) is 65.6 Å². The van der Waals surface area contributed by atoms with E-state index >= 15 is 0 Å². The molecule has 2 aromatic rings. The number of halogens is 1. The summed E-state index contributed by atoms with van der Waals surface area (Å²) in [5.74, 6) is -2.33. The van der Waals surface area contributed by atoms with Crippen molar-refractivity contribution in [3.63, 3.8) is 0 Å². The molecule has 0 bridgehead atoms. The highest BCUT2D eigenvalue weighted by atomic mass is 35.5. The van der Waals surface area contributed by atoms with Crippen LogP contribution >= 0.6 is 23.4 Å². The lowest BCUT2D eigenvalue weighted by molar-refractivity contribution is -0.146. The molecule has 1 aliphatic carbocycles. The lowest BCUT2D eigenvalue weighted by Gasteiger charge is -2.24. The minimum absolute atomic E-state index is 0.0527. The molecule has 0 spiro atoms. The molecule has 5 nitrogen and oxygen atoms in total. The number of carbonyl (C=O) groups is 3. The zero-order valence-electron chi connectivity index (χ0n) is 15.5. The number of carbonyl (C=O) groups excluding carboxylic acids is 2. The molecule has 2 N–H and O–H groups in total. The van der Waals surface area contributed by atoms with Crippen LogP contribution in [0.2, 0.25) is 5.02 Å². The first-order valence-electron chi connectivity index (χ1n) is 9.15. The summed E-state index contributed by atoms with van der Waals surface area (Å²) >= 11 is 7.44. The predicted octanol–water partition coefficient (Wildman–Crippen LogP) is 4.92. The molecule has 0 saturated carbocycles. The number of hydrogen-bond donors (Lipinski definition) is 2. The summed E-state index contributed by atoms with van der Waals surface area (Å²) in [6.07, 6.45) is 4.43. The monoisotopic (exact) mass is 429 g/mol. The van der Waals surface area contributed by atoms with Gasteiger partial charge in [0.2, 0.25) is 5.91 Å². The molecule has 2 unspecified atom stereocenters. The summed E-state index contributed by atoms with van der Waals surface area (Å²) in [5, 5.41) is 12.5. The molecule has 2 aromatic carbocycles. The van der Waals surface area contributed by atoms with Crippen molar-refractivity contribution in [3.05, 3.63) is 71.3 Å². The van der Waals surface area contributed by atoms with Gasteiger partial charge in [-0.1, -0.05) is 35.9 Å². The standard InChI is InChI=1S/C22H20ClNO4S/c23-19-8-4-3-7-18(19)20(25)13-29-15-11-9-14(10-12-15)24-21(26)16-5-1-2-6-17(16)22(27)28/h1-4,7-12,16-17H,5-6,13H2,(H,24,26)(H,27,28). The third kappa shape index (κ3) is 5.49.